The summed E-state index contributed by atoms with van der Waals surface area (Å²) in [6, 6.07) is 0.122. The zero-order chi connectivity index (χ0) is 19.1. The van der Waals surface area contributed by atoms with Gasteiger partial charge in [-0.3, -0.25) is 14.4 Å². The van der Waals surface area contributed by atoms with Gasteiger partial charge in [0.25, 0.3) is 5.56 Å². The van der Waals surface area contributed by atoms with Gasteiger partial charge in [0, 0.05) is 36.9 Å². The smallest absolute Gasteiger partial charge is 0.254 e. The van der Waals surface area contributed by atoms with E-state index in [0.717, 1.165) is 19.4 Å². The molecule has 3 aliphatic heterocycles. The molecule has 4 fully saturated rings. The molecule has 0 radical (unpaired) electrons. The number of nitrogens with one attached hydrogen (secondary N) is 1. The summed E-state index contributed by atoms with van der Waals surface area (Å²) < 4.78 is 0. The number of hydrogen-bond donors (Lipinski definition) is 1. The molecule has 0 spiro atoms. The Hall–Kier alpha value is -2.18. The van der Waals surface area contributed by atoms with Crippen LogP contribution in [0.4, 0.5) is 0 Å². The predicted molar refractivity (Wildman–Crippen MR) is 100 cm³/mol. The second-order valence-corrected chi connectivity index (χ2v) is 8.41. The fraction of sp³-hybridized carbons (Fsp3) is 0.700. The molecular formula is C20H28N4O3. The summed E-state index contributed by atoms with van der Waals surface area (Å²) >= 11 is 0. The number of piperidine rings is 1. The van der Waals surface area contributed by atoms with E-state index in [2.05, 4.69) is 14.9 Å². The van der Waals surface area contributed by atoms with E-state index in [4.69, 9.17) is 0 Å². The van der Waals surface area contributed by atoms with Crippen LogP contribution < -0.4 is 5.56 Å². The number of hydrogen-bond acceptors (Lipinski definition) is 4. The highest BCUT2D eigenvalue weighted by molar-refractivity contribution is 5.84. The quantitative estimate of drug-likeness (QED) is 0.860. The molecule has 7 nitrogen and oxygen atoms in total. The first kappa shape index (κ1) is 18.2. The Morgan fingerprint density at radius 3 is 2.59 bits per heavy atom. The molecule has 1 aromatic heterocycles. The topological polar surface area (TPSA) is 86.4 Å². The molecule has 7 heteroatoms. The molecular weight excluding hydrogens is 344 g/mol. The van der Waals surface area contributed by atoms with Gasteiger partial charge in [0.1, 0.15) is 5.82 Å². The molecule has 146 valence electrons. The highest BCUT2D eigenvalue weighted by Gasteiger charge is 2.42. The molecule has 1 aliphatic carbocycles. The van der Waals surface area contributed by atoms with Crippen molar-refractivity contribution in [3.63, 3.8) is 0 Å². The van der Waals surface area contributed by atoms with Crippen molar-refractivity contribution < 1.29 is 9.59 Å². The number of amides is 2. The predicted octanol–water partition coefficient (Wildman–Crippen LogP) is 1.18. The van der Waals surface area contributed by atoms with Crippen LogP contribution in [0.2, 0.25) is 0 Å². The van der Waals surface area contributed by atoms with E-state index >= 15 is 0 Å². The van der Waals surface area contributed by atoms with Gasteiger partial charge in [-0.05, 0) is 45.4 Å². The Kier molecular flexibility index (Phi) is 4.78. The first-order valence-corrected chi connectivity index (χ1v) is 10.1. The fourth-order valence-electron chi connectivity index (χ4n) is 4.66. The lowest BCUT2D eigenvalue weighted by Crippen LogP contribution is -2.50. The monoisotopic (exact) mass is 372 g/mol. The van der Waals surface area contributed by atoms with Crippen LogP contribution in [0, 0.1) is 25.7 Å². The Balaban J connectivity index is 1.49. The van der Waals surface area contributed by atoms with E-state index in [9.17, 15) is 14.4 Å². The average Bonchev–Trinajstić information content (AvgIpc) is 2.86. The minimum atomic E-state index is -0.242. The molecule has 27 heavy (non-hydrogen) atoms. The number of aromatic nitrogens is 2. The first-order chi connectivity index (χ1) is 12.9. The van der Waals surface area contributed by atoms with Crippen molar-refractivity contribution in [2.75, 3.05) is 19.6 Å². The maximum absolute atomic E-state index is 12.9. The Morgan fingerprint density at radius 2 is 1.93 bits per heavy atom. The van der Waals surface area contributed by atoms with Crippen LogP contribution in [0.15, 0.2) is 4.79 Å². The van der Waals surface area contributed by atoms with Crippen molar-refractivity contribution in [2.24, 2.45) is 11.8 Å². The number of fused-ring (bicyclic) bond motifs is 4. The minimum Gasteiger partial charge on any atom is -0.340 e. The number of aryl methyl sites for hydroxylation is 2. The molecule has 4 aliphatic rings. The standard InChI is InChI=1S/C20H28N4O3/c1-12-17(19(26)22-13(2)21-12)8-18(25)23-10-15-6-7-16(11-23)24(20(15)27)9-14-4-3-5-14/h14-16H,3-11H2,1-2H3,(H,21,22,26)/t15-,16+/m0/s1. The van der Waals surface area contributed by atoms with Crippen LogP contribution in [0.5, 0.6) is 0 Å². The number of rotatable bonds is 4. The summed E-state index contributed by atoms with van der Waals surface area (Å²) in [5.41, 5.74) is 0.791. The Bertz CT molecular complexity index is 814. The van der Waals surface area contributed by atoms with Crippen molar-refractivity contribution >= 4 is 11.8 Å². The van der Waals surface area contributed by atoms with Crippen molar-refractivity contribution in [3.05, 3.63) is 27.4 Å². The molecule has 2 bridgehead atoms. The highest BCUT2D eigenvalue weighted by Crippen LogP contribution is 2.34. The minimum absolute atomic E-state index is 0.0463. The molecule has 1 saturated carbocycles. The van der Waals surface area contributed by atoms with Crippen molar-refractivity contribution in [3.8, 4) is 0 Å². The van der Waals surface area contributed by atoms with E-state index in [-0.39, 0.29) is 35.8 Å². The Morgan fingerprint density at radius 1 is 1.15 bits per heavy atom. The molecule has 4 heterocycles. The third-order valence-electron chi connectivity index (χ3n) is 6.49. The van der Waals surface area contributed by atoms with E-state index in [1.54, 1.807) is 18.7 Å². The summed E-state index contributed by atoms with van der Waals surface area (Å²) in [6.07, 6.45) is 5.58. The van der Waals surface area contributed by atoms with Gasteiger partial charge in [-0.15, -0.1) is 0 Å². The van der Waals surface area contributed by atoms with Gasteiger partial charge in [-0.1, -0.05) is 6.42 Å². The largest absolute Gasteiger partial charge is 0.340 e. The van der Waals surface area contributed by atoms with Crippen LogP contribution in [-0.4, -0.2) is 57.3 Å². The molecule has 3 saturated heterocycles. The molecule has 0 aromatic carbocycles. The maximum atomic E-state index is 12.9. The SMILES string of the molecule is Cc1nc(C)c(CC(=O)N2C[C@@H]3CC[C@H](C2)N(CC2CCC2)C3=O)c(=O)[nH]1. The number of H-pyrrole nitrogens is 1. The lowest BCUT2D eigenvalue weighted by molar-refractivity contribution is -0.141. The molecule has 2 atom stereocenters. The van der Waals surface area contributed by atoms with Crippen molar-refractivity contribution in [1.82, 2.24) is 19.8 Å². The molecule has 0 unspecified atom stereocenters. The van der Waals surface area contributed by atoms with Gasteiger partial charge in [-0.2, -0.15) is 0 Å². The lowest BCUT2D eigenvalue weighted by Gasteiger charge is -2.40. The van der Waals surface area contributed by atoms with Crippen LogP contribution in [0.25, 0.3) is 0 Å². The maximum Gasteiger partial charge on any atom is 0.254 e. The number of carbonyl (C=O) groups excluding carboxylic acids is 2. The van der Waals surface area contributed by atoms with Gasteiger partial charge < -0.3 is 14.8 Å². The van der Waals surface area contributed by atoms with Crippen LogP contribution >= 0.6 is 0 Å². The molecule has 1 N–H and O–H groups in total. The van der Waals surface area contributed by atoms with E-state index in [1.165, 1.54) is 19.3 Å². The fourth-order valence-corrected chi connectivity index (χ4v) is 4.66. The lowest BCUT2D eigenvalue weighted by atomic mass is 9.83. The summed E-state index contributed by atoms with van der Waals surface area (Å²) in [5, 5.41) is 0. The first-order valence-electron chi connectivity index (χ1n) is 10.1. The van der Waals surface area contributed by atoms with Gasteiger partial charge in [-0.25, -0.2) is 4.98 Å². The van der Waals surface area contributed by atoms with Crippen LogP contribution in [-0.2, 0) is 16.0 Å². The van der Waals surface area contributed by atoms with E-state index < -0.39 is 0 Å². The zero-order valence-electron chi connectivity index (χ0n) is 16.2. The van der Waals surface area contributed by atoms with Crippen LogP contribution in [0.1, 0.15) is 49.2 Å². The normalized spacial score (nSPS) is 25.5. The number of carbonyl (C=O) groups is 2. The second kappa shape index (κ2) is 7.09. The molecule has 5 rings (SSSR count). The number of aromatic amines is 1. The van der Waals surface area contributed by atoms with Gasteiger partial charge in [0.2, 0.25) is 11.8 Å². The highest BCUT2D eigenvalue weighted by atomic mass is 16.2. The van der Waals surface area contributed by atoms with Gasteiger partial charge >= 0.3 is 0 Å². The van der Waals surface area contributed by atoms with E-state index in [1.807, 2.05) is 0 Å². The van der Waals surface area contributed by atoms with Crippen LogP contribution in [0.3, 0.4) is 0 Å². The second-order valence-electron chi connectivity index (χ2n) is 8.41. The average molecular weight is 372 g/mol. The molecule has 2 amide bonds. The zero-order valence-corrected chi connectivity index (χ0v) is 16.2. The Labute approximate surface area is 159 Å². The van der Waals surface area contributed by atoms with Gasteiger partial charge in [0.05, 0.1) is 12.3 Å². The summed E-state index contributed by atoms with van der Waals surface area (Å²) in [4.78, 5) is 48.9. The summed E-state index contributed by atoms with van der Waals surface area (Å²) in [6.45, 7) is 5.41. The third kappa shape index (κ3) is 3.51. The van der Waals surface area contributed by atoms with E-state index in [0.29, 0.717) is 36.1 Å². The summed E-state index contributed by atoms with van der Waals surface area (Å²) in [7, 11) is 0. The van der Waals surface area contributed by atoms with Gasteiger partial charge in [0.15, 0.2) is 0 Å². The van der Waals surface area contributed by atoms with Crippen molar-refractivity contribution in [2.45, 2.75) is 58.4 Å². The summed E-state index contributed by atoms with van der Waals surface area (Å²) in [5.74, 6) is 1.24. The molecule has 1 aromatic rings. The third-order valence-corrected chi connectivity index (χ3v) is 6.49. The number of nitrogens with zero attached hydrogens (tertiary/aromatic N) is 3. The van der Waals surface area contributed by atoms with Crippen molar-refractivity contribution in [1.29, 1.82) is 0 Å².